The van der Waals surface area contributed by atoms with Gasteiger partial charge < -0.3 is 20.5 Å². The van der Waals surface area contributed by atoms with Crippen LogP contribution in [0.4, 0.5) is 11.4 Å². The van der Waals surface area contributed by atoms with Crippen molar-refractivity contribution in [3.63, 3.8) is 0 Å². The standard InChI is InChI=1S/C17H20N2O2/c1-2-20-16-9-5-7-14(17(16)18)19-11-13-10-12-6-3-4-8-15(12)21-13/h3-9,13,19H,2,10-11,18H2,1H3. The number of nitrogen functional groups attached to an aromatic ring is 1. The van der Waals surface area contributed by atoms with E-state index in [9.17, 15) is 0 Å². The molecule has 1 aliphatic rings. The number of nitrogens with two attached hydrogens (primary N) is 1. The molecule has 4 heteroatoms. The van der Waals surface area contributed by atoms with Crippen molar-refractivity contribution >= 4 is 11.4 Å². The maximum absolute atomic E-state index is 6.11. The Morgan fingerprint density at radius 2 is 2.10 bits per heavy atom. The van der Waals surface area contributed by atoms with E-state index in [-0.39, 0.29) is 6.10 Å². The van der Waals surface area contributed by atoms with Gasteiger partial charge in [-0.05, 0) is 30.7 Å². The maximum Gasteiger partial charge on any atom is 0.144 e. The molecule has 21 heavy (non-hydrogen) atoms. The summed E-state index contributed by atoms with van der Waals surface area (Å²) in [5, 5.41) is 3.36. The van der Waals surface area contributed by atoms with Gasteiger partial charge in [-0.2, -0.15) is 0 Å². The lowest BCUT2D eigenvalue weighted by atomic mass is 10.1. The molecule has 0 saturated carbocycles. The topological polar surface area (TPSA) is 56.5 Å². The van der Waals surface area contributed by atoms with E-state index in [4.69, 9.17) is 15.2 Å². The van der Waals surface area contributed by atoms with Gasteiger partial charge in [0.15, 0.2) is 0 Å². The summed E-state index contributed by atoms with van der Waals surface area (Å²) < 4.78 is 11.4. The van der Waals surface area contributed by atoms with Crippen molar-refractivity contribution in [2.75, 3.05) is 24.2 Å². The van der Waals surface area contributed by atoms with E-state index < -0.39 is 0 Å². The zero-order valence-corrected chi connectivity index (χ0v) is 12.1. The second-order valence-corrected chi connectivity index (χ2v) is 5.08. The minimum atomic E-state index is 0.137. The molecule has 0 saturated heterocycles. The van der Waals surface area contributed by atoms with Crippen molar-refractivity contribution in [1.29, 1.82) is 0 Å². The summed E-state index contributed by atoms with van der Waals surface area (Å²) in [7, 11) is 0. The minimum absolute atomic E-state index is 0.137. The molecule has 110 valence electrons. The third-order valence-electron chi connectivity index (χ3n) is 3.60. The molecule has 4 nitrogen and oxygen atoms in total. The van der Waals surface area contributed by atoms with Gasteiger partial charge in [-0.3, -0.25) is 0 Å². The molecule has 0 aliphatic carbocycles. The number of nitrogens with one attached hydrogen (secondary N) is 1. The Balaban J connectivity index is 1.63. The monoisotopic (exact) mass is 284 g/mol. The predicted octanol–water partition coefficient (Wildman–Crippen LogP) is 3.08. The fraction of sp³-hybridized carbons (Fsp3) is 0.294. The first-order chi connectivity index (χ1) is 10.3. The van der Waals surface area contributed by atoms with Crippen LogP contribution in [0.25, 0.3) is 0 Å². The maximum atomic E-state index is 6.11. The van der Waals surface area contributed by atoms with Crippen LogP contribution in [0.3, 0.4) is 0 Å². The summed E-state index contributed by atoms with van der Waals surface area (Å²) in [6.45, 7) is 3.27. The van der Waals surface area contributed by atoms with Crippen LogP contribution in [0.1, 0.15) is 12.5 Å². The SMILES string of the molecule is CCOc1cccc(NCC2Cc3ccccc3O2)c1N. The molecular formula is C17H20N2O2. The van der Waals surface area contributed by atoms with E-state index in [0.717, 1.165) is 23.6 Å². The van der Waals surface area contributed by atoms with Gasteiger partial charge in [0.1, 0.15) is 17.6 Å². The lowest BCUT2D eigenvalue weighted by Crippen LogP contribution is -2.24. The first-order valence-electron chi connectivity index (χ1n) is 7.27. The van der Waals surface area contributed by atoms with Crippen LogP contribution >= 0.6 is 0 Å². The van der Waals surface area contributed by atoms with Crippen LogP contribution in [0.15, 0.2) is 42.5 Å². The molecule has 3 N–H and O–H groups in total. The van der Waals surface area contributed by atoms with Gasteiger partial charge in [0.2, 0.25) is 0 Å². The van der Waals surface area contributed by atoms with Crippen molar-refractivity contribution in [3.05, 3.63) is 48.0 Å². The van der Waals surface area contributed by atoms with Gasteiger partial charge >= 0.3 is 0 Å². The van der Waals surface area contributed by atoms with Gasteiger partial charge in [-0.15, -0.1) is 0 Å². The van der Waals surface area contributed by atoms with Gasteiger partial charge in [0.05, 0.1) is 24.5 Å². The van der Waals surface area contributed by atoms with Crippen molar-refractivity contribution in [3.8, 4) is 11.5 Å². The van der Waals surface area contributed by atoms with Crippen LogP contribution in [0, 0.1) is 0 Å². The molecule has 0 fully saturated rings. The Labute approximate surface area is 124 Å². The molecule has 1 atom stereocenters. The van der Waals surface area contributed by atoms with E-state index in [1.165, 1.54) is 5.56 Å². The highest BCUT2D eigenvalue weighted by atomic mass is 16.5. The van der Waals surface area contributed by atoms with Crippen LogP contribution in [-0.4, -0.2) is 19.3 Å². The highest BCUT2D eigenvalue weighted by molar-refractivity contribution is 5.73. The van der Waals surface area contributed by atoms with Crippen LogP contribution in [0.2, 0.25) is 0 Å². The summed E-state index contributed by atoms with van der Waals surface area (Å²) in [4.78, 5) is 0. The zero-order chi connectivity index (χ0) is 14.7. The number of benzene rings is 2. The number of hydrogen-bond donors (Lipinski definition) is 2. The largest absolute Gasteiger partial charge is 0.492 e. The molecule has 0 spiro atoms. The Morgan fingerprint density at radius 3 is 2.90 bits per heavy atom. The van der Waals surface area contributed by atoms with Crippen molar-refractivity contribution < 1.29 is 9.47 Å². The minimum Gasteiger partial charge on any atom is -0.492 e. The van der Waals surface area contributed by atoms with Crippen molar-refractivity contribution in [1.82, 2.24) is 0 Å². The van der Waals surface area contributed by atoms with Crippen LogP contribution in [-0.2, 0) is 6.42 Å². The molecule has 1 unspecified atom stereocenters. The van der Waals surface area contributed by atoms with Crippen LogP contribution < -0.4 is 20.5 Å². The average molecular weight is 284 g/mol. The highest BCUT2D eigenvalue weighted by Gasteiger charge is 2.22. The molecule has 0 aromatic heterocycles. The molecule has 2 aromatic carbocycles. The average Bonchev–Trinajstić information content (AvgIpc) is 2.91. The fourth-order valence-corrected chi connectivity index (χ4v) is 2.57. The summed E-state index contributed by atoms with van der Waals surface area (Å²) in [5.41, 5.74) is 8.91. The first kappa shape index (κ1) is 13.6. The summed E-state index contributed by atoms with van der Waals surface area (Å²) in [6, 6.07) is 13.9. The van der Waals surface area contributed by atoms with Crippen LogP contribution in [0.5, 0.6) is 11.5 Å². The molecule has 1 heterocycles. The molecule has 3 rings (SSSR count). The summed E-state index contributed by atoms with van der Waals surface area (Å²) in [6.07, 6.45) is 1.06. The van der Waals surface area contributed by atoms with Gasteiger partial charge in [0.25, 0.3) is 0 Å². The number of rotatable bonds is 5. The lowest BCUT2D eigenvalue weighted by Gasteiger charge is -2.16. The molecule has 2 aromatic rings. The van der Waals surface area contributed by atoms with E-state index >= 15 is 0 Å². The highest BCUT2D eigenvalue weighted by Crippen LogP contribution is 2.31. The van der Waals surface area contributed by atoms with E-state index in [1.807, 2.05) is 43.3 Å². The van der Waals surface area contributed by atoms with E-state index in [2.05, 4.69) is 11.4 Å². The Bertz CT molecular complexity index is 603. The Hall–Kier alpha value is -2.36. The van der Waals surface area contributed by atoms with Gasteiger partial charge in [-0.25, -0.2) is 0 Å². The third-order valence-corrected chi connectivity index (χ3v) is 3.60. The Morgan fingerprint density at radius 1 is 1.24 bits per heavy atom. The smallest absolute Gasteiger partial charge is 0.144 e. The first-order valence-corrected chi connectivity index (χ1v) is 7.27. The predicted molar refractivity (Wildman–Crippen MR) is 85.1 cm³/mol. The number of hydrogen-bond acceptors (Lipinski definition) is 4. The number of ether oxygens (including phenoxy) is 2. The molecule has 0 bridgehead atoms. The summed E-state index contributed by atoms with van der Waals surface area (Å²) >= 11 is 0. The van der Waals surface area contributed by atoms with Crippen molar-refractivity contribution in [2.45, 2.75) is 19.4 Å². The second kappa shape index (κ2) is 5.95. The van der Waals surface area contributed by atoms with Crippen molar-refractivity contribution in [2.24, 2.45) is 0 Å². The number of anilines is 2. The molecule has 1 aliphatic heterocycles. The van der Waals surface area contributed by atoms with Gasteiger partial charge in [-0.1, -0.05) is 24.3 Å². The normalized spacial score (nSPS) is 16.1. The quantitative estimate of drug-likeness (QED) is 0.828. The Kier molecular flexibility index (Phi) is 3.86. The molecule has 0 radical (unpaired) electrons. The number of para-hydroxylation sites is 2. The summed E-state index contributed by atoms with van der Waals surface area (Å²) in [5.74, 6) is 1.71. The van der Waals surface area contributed by atoms with E-state index in [1.54, 1.807) is 0 Å². The second-order valence-electron chi connectivity index (χ2n) is 5.08. The number of fused-ring (bicyclic) bond motifs is 1. The molecule has 0 amide bonds. The third kappa shape index (κ3) is 2.89. The van der Waals surface area contributed by atoms with Gasteiger partial charge in [0, 0.05) is 6.42 Å². The molecular weight excluding hydrogens is 264 g/mol. The lowest BCUT2D eigenvalue weighted by molar-refractivity contribution is 0.246. The fourth-order valence-electron chi connectivity index (χ4n) is 2.57. The van der Waals surface area contributed by atoms with E-state index in [0.29, 0.717) is 18.8 Å². The zero-order valence-electron chi connectivity index (χ0n) is 12.1.